The molecule has 0 aliphatic carbocycles. The van der Waals surface area contributed by atoms with Gasteiger partial charge in [-0.05, 0) is 49.4 Å². The first-order chi connectivity index (χ1) is 16.2. The van der Waals surface area contributed by atoms with E-state index in [0.29, 0.717) is 11.5 Å². The van der Waals surface area contributed by atoms with Crippen LogP contribution >= 0.6 is 12.4 Å². The molecule has 0 saturated heterocycles. The predicted octanol–water partition coefficient (Wildman–Crippen LogP) is 5.36. The molecule has 174 valence electrons. The Hall–Kier alpha value is -3.53. The number of hydrogen-bond donors (Lipinski definition) is 0. The van der Waals surface area contributed by atoms with Gasteiger partial charge in [0, 0.05) is 22.9 Å². The number of nitrogens with zero attached hydrogens (tertiary/aromatic N) is 1. The summed E-state index contributed by atoms with van der Waals surface area (Å²) in [5.41, 5.74) is 3.96. The third-order valence-corrected chi connectivity index (χ3v) is 6.29. The van der Waals surface area contributed by atoms with Gasteiger partial charge in [-0.1, -0.05) is 30.0 Å². The molecule has 2 aliphatic heterocycles. The normalized spacial score (nSPS) is 16.5. The van der Waals surface area contributed by atoms with Gasteiger partial charge in [0.1, 0.15) is 29.6 Å². The Morgan fingerprint density at radius 2 is 1.91 bits per heavy atom. The number of ether oxygens (including phenoxy) is 4. The van der Waals surface area contributed by atoms with E-state index in [0.717, 1.165) is 52.0 Å². The molecule has 4 aromatic rings. The van der Waals surface area contributed by atoms with E-state index in [2.05, 4.69) is 35.9 Å². The van der Waals surface area contributed by atoms with Crippen LogP contribution in [0.3, 0.4) is 0 Å². The van der Waals surface area contributed by atoms with Crippen LogP contribution in [0.2, 0.25) is 0 Å². The minimum Gasteiger partial charge on any atom is -0.492 e. The molecular formula is C27H24ClNO5. The molecule has 0 bridgehead atoms. The maximum atomic E-state index is 5.97. The number of rotatable bonds is 3. The third kappa shape index (κ3) is 3.67. The van der Waals surface area contributed by atoms with Crippen molar-refractivity contribution in [2.24, 2.45) is 0 Å². The number of halogens is 1. The van der Waals surface area contributed by atoms with Crippen LogP contribution in [0.4, 0.5) is 0 Å². The van der Waals surface area contributed by atoms with Gasteiger partial charge >= 0.3 is 0 Å². The standard InChI is InChI=1S/C27H23NO5.ClH/c1-28-12-11-17-14-24-26(32-16-31-24)27(29-2)25(17)21(28)7-5-13-30-18-9-10-23-20(15-18)19-6-3-4-8-22(19)33-23;/h3-4,6,8-10,14-15,21H,11-13,16H2,1-2H3;1H. The molecule has 0 N–H and O–H groups in total. The van der Waals surface area contributed by atoms with Crippen LogP contribution in [-0.2, 0) is 6.42 Å². The molecule has 3 heterocycles. The molecule has 0 fully saturated rings. The molecule has 0 spiro atoms. The predicted molar refractivity (Wildman–Crippen MR) is 132 cm³/mol. The monoisotopic (exact) mass is 477 g/mol. The lowest BCUT2D eigenvalue weighted by atomic mass is 9.91. The number of furan rings is 1. The molecule has 3 aromatic carbocycles. The molecule has 0 radical (unpaired) electrons. The summed E-state index contributed by atoms with van der Waals surface area (Å²) in [6, 6.07) is 15.8. The van der Waals surface area contributed by atoms with Crippen molar-refractivity contribution < 1.29 is 23.4 Å². The van der Waals surface area contributed by atoms with E-state index in [4.69, 9.17) is 23.4 Å². The molecule has 7 heteroatoms. The van der Waals surface area contributed by atoms with Gasteiger partial charge in [0.2, 0.25) is 12.5 Å². The fourth-order valence-corrected chi connectivity index (χ4v) is 4.67. The number of methoxy groups -OCH3 is 1. The fraction of sp³-hybridized carbons (Fsp3) is 0.259. The number of likely N-dealkylation sites (N-methyl/N-ethyl adjacent to an activating group) is 1. The van der Waals surface area contributed by atoms with Crippen LogP contribution in [0, 0.1) is 11.8 Å². The van der Waals surface area contributed by atoms with Gasteiger partial charge in [-0.2, -0.15) is 0 Å². The zero-order valence-electron chi connectivity index (χ0n) is 18.9. The maximum Gasteiger partial charge on any atom is 0.231 e. The zero-order chi connectivity index (χ0) is 22.4. The zero-order valence-corrected chi connectivity index (χ0v) is 19.7. The van der Waals surface area contributed by atoms with Crippen molar-refractivity contribution in [2.75, 3.05) is 34.1 Å². The summed E-state index contributed by atoms with van der Waals surface area (Å²) in [6.45, 7) is 1.40. The second-order valence-corrected chi connectivity index (χ2v) is 8.22. The van der Waals surface area contributed by atoms with Gasteiger partial charge in [0.05, 0.1) is 7.11 Å². The molecule has 34 heavy (non-hydrogen) atoms. The van der Waals surface area contributed by atoms with E-state index in [1.54, 1.807) is 7.11 Å². The second-order valence-electron chi connectivity index (χ2n) is 8.22. The maximum absolute atomic E-state index is 5.97. The fourth-order valence-electron chi connectivity index (χ4n) is 4.67. The summed E-state index contributed by atoms with van der Waals surface area (Å²) in [7, 11) is 3.74. The highest BCUT2D eigenvalue weighted by Gasteiger charge is 2.33. The van der Waals surface area contributed by atoms with E-state index < -0.39 is 0 Å². The number of para-hydroxylation sites is 1. The van der Waals surface area contributed by atoms with Gasteiger partial charge in [-0.3, -0.25) is 4.90 Å². The average Bonchev–Trinajstić information content (AvgIpc) is 3.45. The Morgan fingerprint density at radius 1 is 1.06 bits per heavy atom. The van der Waals surface area contributed by atoms with Crippen molar-refractivity contribution in [3.8, 4) is 34.8 Å². The van der Waals surface area contributed by atoms with Crippen molar-refractivity contribution in [3.05, 3.63) is 59.7 Å². The molecule has 2 aliphatic rings. The molecule has 1 atom stereocenters. The first-order valence-corrected chi connectivity index (χ1v) is 10.9. The summed E-state index contributed by atoms with van der Waals surface area (Å²) in [6.07, 6.45) is 0.909. The molecule has 6 nitrogen and oxygen atoms in total. The quantitative estimate of drug-likeness (QED) is 0.370. The highest BCUT2D eigenvalue weighted by atomic mass is 35.5. The Labute approximate surface area is 203 Å². The topological polar surface area (TPSA) is 53.3 Å². The van der Waals surface area contributed by atoms with Crippen LogP contribution in [-0.4, -0.2) is 39.0 Å². The number of benzene rings is 3. The highest BCUT2D eigenvalue weighted by molar-refractivity contribution is 6.05. The largest absolute Gasteiger partial charge is 0.492 e. The van der Waals surface area contributed by atoms with E-state index in [1.165, 1.54) is 5.56 Å². The smallest absolute Gasteiger partial charge is 0.231 e. The lowest BCUT2D eigenvalue weighted by Gasteiger charge is -2.32. The average molecular weight is 478 g/mol. The lowest BCUT2D eigenvalue weighted by Crippen LogP contribution is -2.31. The molecular weight excluding hydrogens is 454 g/mol. The molecule has 0 amide bonds. The molecule has 1 unspecified atom stereocenters. The molecule has 6 rings (SSSR count). The van der Waals surface area contributed by atoms with E-state index in [1.807, 2.05) is 36.4 Å². The Kier molecular flexibility index (Phi) is 5.91. The summed E-state index contributed by atoms with van der Waals surface area (Å²) in [5.74, 6) is 9.47. The van der Waals surface area contributed by atoms with Gasteiger partial charge < -0.3 is 23.4 Å². The van der Waals surface area contributed by atoms with Crippen LogP contribution in [0.1, 0.15) is 17.2 Å². The Morgan fingerprint density at radius 3 is 2.79 bits per heavy atom. The van der Waals surface area contributed by atoms with Crippen LogP contribution in [0.25, 0.3) is 21.9 Å². The van der Waals surface area contributed by atoms with E-state index >= 15 is 0 Å². The van der Waals surface area contributed by atoms with Crippen molar-refractivity contribution in [1.29, 1.82) is 0 Å². The third-order valence-electron chi connectivity index (χ3n) is 6.29. The number of fused-ring (bicyclic) bond motifs is 5. The van der Waals surface area contributed by atoms with Crippen LogP contribution < -0.4 is 18.9 Å². The lowest BCUT2D eigenvalue weighted by molar-refractivity contribution is 0.171. The van der Waals surface area contributed by atoms with Crippen LogP contribution in [0.15, 0.2) is 52.9 Å². The summed E-state index contributed by atoms with van der Waals surface area (Å²) in [5, 5.41) is 2.12. The van der Waals surface area contributed by atoms with Crippen molar-refractivity contribution in [2.45, 2.75) is 12.5 Å². The Balaban J connectivity index is 0.00000241. The second kappa shape index (κ2) is 9.02. The van der Waals surface area contributed by atoms with Gasteiger partial charge in [0.15, 0.2) is 11.5 Å². The molecule has 0 saturated carbocycles. The summed E-state index contributed by atoms with van der Waals surface area (Å²) < 4.78 is 28.9. The van der Waals surface area contributed by atoms with Gasteiger partial charge in [0.25, 0.3) is 0 Å². The van der Waals surface area contributed by atoms with Gasteiger partial charge in [-0.15, -0.1) is 12.4 Å². The van der Waals surface area contributed by atoms with Crippen LogP contribution in [0.5, 0.6) is 23.0 Å². The van der Waals surface area contributed by atoms with E-state index in [-0.39, 0.29) is 31.8 Å². The van der Waals surface area contributed by atoms with Crippen molar-refractivity contribution in [1.82, 2.24) is 4.90 Å². The minimum atomic E-state index is -0.109. The van der Waals surface area contributed by atoms with Gasteiger partial charge in [-0.25, -0.2) is 0 Å². The highest BCUT2D eigenvalue weighted by Crippen LogP contribution is 2.49. The van der Waals surface area contributed by atoms with Crippen molar-refractivity contribution >= 4 is 34.3 Å². The van der Waals surface area contributed by atoms with Crippen molar-refractivity contribution in [3.63, 3.8) is 0 Å². The first-order valence-electron chi connectivity index (χ1n) is 10.9. The SMILES string of the molecule is COc1c2c(cc3c1C(C#CCOc1ccc4oc5ccccc5c4c1)N(C)CC3)OCO2.Cl. The summed E-state index contributed by atoms with van der Waals surface area (Å²) >= 11 is 0. The molecule has 1 aromatic heterocycles. The minimum absolute atomic E-state index is 0. The first kappa shape index (κ1) is 22.3. The number of hydrogen-bond acceptors (Lipinski definition) is 6. The Bertz CT molecular complexity index is 1430. The summed E-state index contributed by atoms with van der Waals surface area (Å²) in [4.78, 5) is 2.23. The van der Waals surface area contributed by atoms with E-state index in [9.17, 15) is 0 Å².